The van der Waals surface area contributed by atoms with Crippen LogP contribution in [0.25, 0.3) is 0 Å². The number of carbonyl (C=O) groups excluding carboxylic acids is 2. The van der Waals surface area contributed by atoms with Crippen molar-refractivity contribution in [1.29, 1.82) is 0 Å². The van der Waals surface area contributed by atoms with Gasteiger partial charge in [-0.05, 0) is 24.1 Å². The van der Waals surface area contributed by atoms with Crippen LogP contribution in [0.1, 0.15) is 24.1 Å². The van der Waals surface area contributed by atoms with Crippen molar-refractivity contribution in [2.75, 3.05) is 7.11 Å². The van der Waals surface area contributed by atoms with E-state index in [4.69, 9.17) is 4.74 Å². The molecule has 0 aliphatic heterocycles. The number of nitrogens with zero attached hydrogens (tertiary/aromatic N) is 2. The second-order valence-corrected chi connectivity index (χ2v) is 4.87. The van der Waals surface area contributed by atoms with Crippen LogP contribution in [0.2, 0.25) is 0 Å². The zero-order valence-electron chi connectivity index (χ0n) is 12.9. The van der Waals surface area contributed by atoms with Gasteiger partial charge in [-0.3, -0.25) is 14.6 Å². The van der Waals surface area contributed by atoms with Gasteiger partial charge in [-0.15, -0.1) is 0 Å². The number of amides is 2. The molecule has 0 saturated carbocycles. The van der Waals surface area contributed by atoms with Crippen molar-refractivity contribution in [2.45, 2.75) is 19.5 Å². The number of hydrogen-bond acceptors (Lipinski definition) is 5. The molecule has 0 saturated heterocycles. The number of carbonyl (C=O) groups is 2. The Morgan fingerprint density at radius 1 is 1.22 bits per heavy atom. The molecule has 1 atom stereocenters. The van der Waals surface area contributed by atoms with Crippen molar-refractivity contribution in [2.24, 2.45) is 0 Å². The molecule has 2 amide bonds. The molecule has 7 heteroatoms. The molecule has 1 unspecified atom stereocenters. The van der Waals surface area contributed by atoms with E-state index < -0.39 is 11.8 Å². The Bertz CT molecular complexity index is 659. The maximum atomic E-state index is 11.9. The van der Waals surface area contributed by atoms with E-state index in [1.165, 1.54) is 7.11 Å². The fourth-order valence-corrected chi connectivity index (χ4v) is 1.88. The highest BCUT2D eigenvalue weighted by Gasteiger charge is 2.16. The lowest BCUT2D eigenvalue weighted by Crippen LogP contribution is -2.40. The maximum Gasteiger partial charge on any atom is 0.309 e. The minimum Gasteiger partial charge on any atom is -0.481 e. The van der Waals surface area contributed by atoms with Crippen LogP contribution in [0.3, 0.4) is 0 Å². The summed E-state index contributed by atoms with van der Waals surface area (Å²) in [6.07, 6.45) is 4.87. The van der Waals surface area contributed by atoms with E-state index in [9.17, 15) is 9.59 Å². The van der Waals surface area contributed by atoms with Gasteiger partial charge in [0.25, 0.3) is 0 Å². The molecule has 0 aromatic carbocycles. The van der Waals surface area contributed by atoms with Gasteiger partial charge in [0.2, 0.25) is 5.88 Å². The summed E-state index contributed by atoms with van der Waals surface area (Å²) >= 11 is 0. The summed E-state index contributed by atoms with van der Waals surface area (Å²) in [5, 5.41) is 5.17. The second-order valence-electron chi connectivity index (χ2n) is 4.87. The molecular weight excluding hydrogens is 296 g/mol. The van der Waals surface area contributed by atoms with Crippen molar-refractivity contribution < 1.29 is 14.3 Å². The molecule has 23 heavy (non-hydrogen) atoms. The predicted molar refractivity (Wildman–Crippen MR) is 83.4 cm³/mol. The van der Waals surface area contributed by atoms with Crippen LogP contribution in [0.4, 0.5) is 0 Å². The Morgan fingerprint density at radius 3 is 2.65 bits per heavy atom. The second kappa shape index (κ2) is 7.88. The lowest BCUT2D eigenvalue weighted by Gasteiger charge is -2.13. The monoisotopic (exact) mass is 314 g/mol. The van der Waals surface area contributed by atoms with E-state index in [1.54, 1.807) is 43.7 Å². The highest BCUT2D eigenvalue weighted by Crippen LogP contribution is 2.09. The number of aromatic nitrogens is 2. The Morgan fingerprint density at radius 2 is 2.04 bits per heavy atom. The van der Waals surface area contributed by atoms with E-state index in [0.717, 1.165) is 11.1 Å². The summed E-state index contributed by atoms with van der Waals surface area (Å²) in [6, 6.07) is 6.76. The first-order valence-electron chi connectivity index (χ1n) is 7.07. The van der Waals surface area contributed by atoms with Crippen molar-refractivity contribution >= 4 is 11.8 Å². The quantitative estimate of drug-likeness (QED) is 0.803. The van der Waals surface area contributed by atoms with Gasteiger partial charge in [-0.2, -0.15) is 0 Å². The van der Waals surface area contributed by atoms with Crippen LogP contribution in [-0.4, -0.2) is 28.9 Å². The molecule has 0 radical (unpaired) electrons. The van der Waals surface area contributed by atoms with Crippen molar-refractivity contribution in [3.63, 3.8) is 0 Å². The summed E-state index contributed by atoms with van der Waals surface area (Å²) in [7, 11) is 1.53. The molecule has 7 nitrogen and oxygen atoms in total. The summed E-state index contributed by atoms with van der Waals surface area (Å²) in [5.74, 6) is -0.900. The van der Waals surface area contributed by atoms with Gasteiger partial charge in [0.05, 0.1) is 13.2 Å². The fraction of sp³-hybridized carbons (Fsp3) is 0.250. The predicted octanol–water partition coefficient (Wildman–Crippen LogP) is 0.979. The van der Waals surface area contributed by atoms with Crippen molar-refractivity contribution in [3.05, 3.63) is 54.0 Å². The number of hydrogen-bond donors (Lipinski definition) is 2. The summed E-state index contributed by atoms with van der Waals surface area (Å²) < 4.78 is 4.95. The number of nitrogens with one attached hydrogen (secondary N) is 2. The Balaban J connectivity index is 1.83. The van der Waals surface area contributed by atoms with Crippen LogP contribution < -0.4 is 15.4 Å². The first kappa shape index (κ1) is 16.4. The third-order valence-electron chi connectivity index (χ3n) is 3.20. The Kier molecular flexibility index (Phi) is 5.62. The number of rotatable bonds is 5. The third kappa shape index (κ3) is 4.77. The average Bonchev–Trinajstić information content (AvgIpc) is 2.60. The first-order valence-corrected chi connectivity index (χ1v) is 7.07. The van der Waals surface area contributed by atoms with Crippen LogP contribution in [0.15, 0.2) is 42.9 Å². The normalized spacial score (nSPS) is 11.4. The minimum absolute atomic E-state index is 0.213. The standard InChI is InChI=1S/C16H18N4O3/c1-11(13-4-3-7-17-10-13)20-16(22)15(21)19-9-12-5-6-14(23-2)18-8-12/h3-8,10-11H,9H2,1-2H3,(H,19,21)(H,20,22). The van der Waals surface area contributed by atoms with E-state index in [1.807, 2.05) is 6.07 Å². The van der Waals surface area contributed by atoms with E-state index in [2.05, 4.69) is 20.6 Å². The van der Waals surface area contributed by atoms with Gasteiger partial charge < -0.3 is 15.4 Å². The Labute approximate surface area is 134 Å². The van der Waals surface area contributed by atoms with E-state index >= 15 is 0 Å². The van der Waals surface area contributed by atoms with Crippen LogP contribution in [-0.2, 0) is 16.1 Å². The molecule has 0 spiro atoms. The van der Waals surface area contributed by atoms with Gasteiger partial charge >= 0.3 is 11.8 Å². The lowest BCUT2D eigenvalue weighted by atomic mass is 10.1. The number of ether oxygens (including phenoxy) is 1. The molecule has 2 N–H and O–H groups in total. The van der Waals surface area contributed by atoms with Gasteiger partial charge in [0.15, 0.2) is 0 Å². The molecule has 0 aliphatic carbocycles. The highest BCUT2D eigenvalue weighted by molar-refractivity contribution is 6.35. The third-order valence-corrected chi connectivity index (χ3v) is 3.20. The average molecular weight is 314 g/mol. The highest BCUT2D eigenvalue weighted by atomic mass is 16.5. The van der Waals surface area contributed by atoms with Crippen LogP contribution >= 0.6 is 0 Å². The van der Waals surface area contributed by atoms with Crippen LogP contribution in [0.5, 0.6) is 5.88 Å². The van der Waals surface area contributed by atoms with Gasteiger partial charge in [0.1, 0.15) is 0 Å². The molecular formula is C16H18N4O3. The topological polar surface area (TPSA) is 93.2 Å². The molecule has 2 rings (SSSR count). The number of methoxy groups -OCH3 is 1. The summed E-state index contributed by atoms with van der Waals surface area (Å²) in [5.41, 5.74) is 1.60. The van der Waals surface area contributed by atoms with E-state index in [0.29, 0.717) is 5.88 Å². The van der Waals surface area contributed by atoms with Crippen molar-refractivity contribution in [3.8, 4) is 5.88 Å². The molecule has 0 aliphatic rings. The molecule has 2 aromatic rings. The largest absolute Gasteiger partial charge is 0.481 e. The lowest BCUT2D eigenvalue weighted by molar-refractivity contribution is -0.139. The number of pyridine rings is 2. The minimum atomic E-state index is -0.698. The van der Waals surface area contributed by atoms with E-state index in [-0.39, 0.29) is 12.6 Å². The fourth-order valence-electron chi connectivity index (χ4n) is 1.88. The molecule has 0 fully saturated rings. The zero-order chi connectivity index (χ0) is 16.7. The van der Waals surface area contributed by atoms with Crippen molar-refractivity contribution in [1.82, 2.24) is 20.6 Å². The van der Waals surface area contributed by atoms with Gasteiger partial charge in [-0.25, -0.2) is 4.98 Å². The first-order chi connectivity index (χ1) is 11.1. The van der Waals surface area contributed by atoms with Crippen LogP contribution in [0, 0.1) is 0 Å². The molecule has 0 bridgehead atoms. The molecule has 2 heterocycles. The van der Waals surface area contributed by atoms with Gasteiger partial charge in [0, 0.05) is 31.2 Å². The summed E-state index contributed by atoms with van der Waals surface area (Å²) in [4.78, 5) is 31.7. The van der Waals surface area contributed by atoms with Gasteiger partial charge in [-0.1, -0.05) is 12.1 Å². The molecule has 2 aromatic heterocycles. The maximum absolute atomic E-state index is 11.9. The molecule has 120 valence electrons. The SMILES string of the molecule is COc1ccc(CNC(=O)C(=O)NC(C)c2cccnc2)cn1. The smallest absolute Gasteiger partial charge is 0.309 e. The zero-order valence-corrected chi connectivity index (χ0v) is 12.9. The summed E-state index contributed by atoms with van der Waals surface area (Å²) in [6.45, 7) is 2.00. The Hall–Kier alpha value is -2.96.